The Morgan fingerprint density at radius 3 is 2.71 bits per heavy atom. The lowest BCUT2D eigenvalue weighted by atomic mass is 10.2. The summed E-state index contributed by atoms with van der Waals surface area (Å²) in [6, 6.07) is 5.31. The molecule has 1 amide bonds. The Hall–Kier alpha value is -2.09. The first-order chi connectivity index (χ1) is 11.5. The molecule has 0 fully saturated rings. The number of rotatable bonds is 5. The number of carbonyl (C=O) groups is 1. The predicted octanol–water partition coefficient (Wildman–Crippen LogP) is 3.12. The molecule has 0 saturated heterocycles. The van der Waals surface area contributed by atoms with E-state index in [4.69, 9.17) is 34.8 Å². The third-order valence-electron chi connectivity index (χ3n) is 3.02. The fourth-order valence-corrected chi connectivity index (χ4v) is 2.47. The van der Waals surface area contributed by atoms with Crippen molar-refractivity contribution in [3.05, 3.63) is 57.6 Å². The number of benzene rings is 1. The van der Waals surface area contributed by atoms with Gasteiger partial charge in [0.05, 0.1) is 27.8 Å². The van der Waals surface area contributed by atoms with Crippen molar-refractivity contribution in [1.82, 2.24) is 24.5 Å². The lowest BCUT2D eigenvalue weighted by Gasteiger charge is -2.03. The maximum absolute atomic E-state index is 11.9. The zero-order valence-corrected chi connectivity index (χ0v) is 14.4. The summed E-state index contributed by atoms with van der Waals surface area (Å²) in [5, 5.41) is 12.1. The normalized spacial score (nSPS) is 10.8. The van der Waals surface area contributed by atoms with E-state index in [0.29, 0.717) is 21.6 Å². The van der Waals surface area contributed by atoms with E-state index in [2.05, 4.69) is 20.5 Å². The van der Waals surface area contributed by atoms with Crippen LogP contribution in [0.15, 0.2) is 36.9 Å². The zero-order chi connectivity index (χ0) is 17.1. The van der Waals surface area contributed by atoms with Crippen LogP contribution in [0.25, 0.3) is 0 Å². The Morgan fingerprint density at radius 1 is 1.17 bits per heavy atom. The summed E-state index contributed by atoms with van der Waals surface area (Å²) < 4.78 is 3.00. The first-order valence-corrected chi connectivity index (χ1v) is 7.94. The van der Waals surface area contributed by atoms with Crippen LogP contribution < -0.4 is 5.32 Å². The summed E-state index contributed by atoms with van der Waals surface area (Å²) in [6.07, 6.45) is 4.53. The second-order valence-corrected chi connectivity index (χ2v) is 6.17. The highest BCUT2D eigenvalue weighted by atomic mass is 35.5. The number of halogens is 3. The lowest BCUT2D eigenvalue weighted by Crippen LogP contribution is -2.19. The zero-order valence-electron chi connectivity index (χ0n) is 12.2. The van der Waals surface area contributed by atoms with Crippen LogP contribution in [0.2, 0.25) is 15.1 Å². The summed E-state index contributed by atoms with van der Waals surface area (Å²) in [5.74, 6) is -0.0969. The van der Waals surface area contributed by atoms with Gasteiger partial charge < -0.3 is 0 Å². The number of hydrogen-bond acceptors (Lipinski definition) is 4. The topological polar surface area (TPSA) is 77.6 Å². The second kappa shape index (κ2) is 7.21. The molecule has 0 saturated carbocycles. The van der Waals surface area contributed by atoms with Crippen LogP contribution in [-0.2, 0) is 17.9 Å². The van der Waals surface area contributed by atoms with Gasteiger partial charge in [0.2, 0.25) is 11.9 Å². The molecule has 0 aliphatic rings. The number of amides is 1. The van der Waals surface area contributed by atoms with Gasteiger partial charge in [0.25, 0.3) is 0 Å². The molecule has 2 heterocycles. The molecular formula is C14H11Cl3N6O. The van der Waals surface area contributed by atoms with Crippen LogP contribution in [0, 0.1) is 0 Å². The maximum atomic E-state index is 11.9. The second-order valence-electron chi connectivity index (χ2n) is 4.92. The number of nitrogens with one attached hydrogen (secondary N) is 1. The molecule has 10 heteroatoms. The van der Waals surface area contributed by atoms with E-state index in [1.54, 1.807) is 23.0 Å². The van der Waals surface area contributed by atoms with Gasteiger partial charge >= 0.3 is 0 Å². The summed E-state index contributed by atoms with van der Waals surface area (Å²) in [6.45, 7) is 0.475. The van der Waals surface area contributed by atoms with E-state index in [9.17, 15) is 4.79 Å². The van der Waals surface area contributed by atoms with Crippen molar-refractivity contribution >= 4 is 46.7 Å². The van der Waals surface area contributed by atoms with Crippen LogP contribution in [0.1, 0.15) is 5.56 Å². The van der Waals surface area contributed by atoms with Crippen LogP contribution in [0.4, 0.5) is 5.95 Å². The molecule has 0 bridgehead atoms. The predicted molar refractivity (Wildman–Crippen MR) is 91.5 cm³/mol. The molecule has 1 aromatic carbocycles. The highest BCUT2D eigenvalue weighted by molar-refractivity contribution is 6.42. The SMILES string of the molecule is O=C(Cn1cc(Cl)cn1)Nc1ncn(Cc2ccc(Cl)c(Cl)c2)n1. The van der Waals surface area contributed by atoms with Crippen LogP contribution >= 0.6 is 34.8 Å². The molecule has 0 atom stereocenters. The summed E-state index contributed by atoms with van der Waals surface area (Å²) >= 11 is 17.6. The standard InChI is InChI=1S/C14H11Cl3N6O/c15-10-4-19-22(6-10)7-13(24)20-14-18-8-23(21-14)5-9-1-2-11(16)12(17)3-9/h1-4,6,8H,5,7H2,(H,20,21,24). The first-order valence-electron chi connectivity index (χ1n) is 6.81. The molecule has 0 aliphatic heterocycles. The quantitative estimate of drug-likeness (QED) is 0.732. The summed E-state index contributed by atoms with van der Waals surface area (Å²) in [7, 11) is 0. The minimum Gasteiger partial charge on any atom is -0.292 e. The molecule has 3 rings (SSSR count). The van der Waals surface area contributed by atoms with E-state index in [1.165, 1.54) is 17.2 Å². The highest BCUT2D eigenvalue weighted by Gasteiger charge is 2.09. The lowest BCUT2D eigenvalue weighted by molar-refractivity contribution is -0.116. The van der Waals surface area contributed by atoms with Gasteiger partial charge in [-0.25, -0.2) is 9.67 Å². The number of anilines is 1. The van der Waals surface area contributed by atoms with Crippen molar-refractivity contribution in [1.29, 1.82) is 0 Å². The molecule has 24 heavy (non-hydrogen) atoms. The third-order valence-corrected chi connectivity index (χ3v) is 3.96. The van der Waals surface area contributed by atoms with Crippen LogP contribution in [0.3, 0.4) is 0 Å². The smallest absolute Gasteiger partial charge is 0.248 e. The fraction of sp³-hybridized carbons (Fsp3) is 0.143. The molecule has 124 valence electrons. The maximum Gasteiger partial charge on any atom is 0.248 e. The van der Waals surface area contributed by atoms with Gasteiger partial charge in [0.1, 0.15) is 12.9 Å². The molecule has 3 aromatic rings. The van der Waals surface area contributed by atoms with Crippen molar-refractivity contribution in [3.63, 3.8) is 0 Å². The van der Waals surface area contributed by atoms with Crippen molar-refractivity contribution in [2.24, 2.45) is 0 Å². The molecule has 0 radical (unpaired) electrons. The number of aromatic nitrogens is 5. The average molecular weight is 386 g/mol. The van der Waals surface area contributed by atoms with E-state index in [0.717, 1.165) is 5.56 Å². The van der Waals surface area contributed by atoms with Gasteiger partial charge in [0.15, 0.2) is 0 Å². The monoisotopic (exact) mass is 384 g/mol. The molecular weight excluding hydrogens is 375 g/mol. The molecule has 1 N–H and O–H groups in total. The Kier molecular flexibility index (Phi) is 5.03. The van der Waals surface area contributed by atoms with Gasteiger partial charge in [-0.05, 0) is 17.7 Å². The minimum absolute atomic E-state index is 0.0219. The highest BCUT2D eigenvalue weighted by Crippen LogP contribution is 2.22. The number of nitrogens with zero attached hydrogens (tertiary/aromatic N) is 5. The van der Waals surface area contributed by atoms with E-state index in [-0.39, 0.29) is 18.4 Å². The van der Waals surface area contributed by atoms with Gasteiger partial charge in [-0.15, -0.1) is 5.10 Å². The van der Waals surface area contributed by atoms with Gasteiger partial charge in [0, 0.05) is 6.20 Å². The molecule has 2 aromatic heterocycles. The van der Waals surface area contributed by atoms with Crippen molar-refractivity contribution in [3.8, 4) is 0 Å². The molecule has 0 aliphatic carbocycles. The van der Waals surface area contributed by atoms with Crippen molar-refractivity contribution in [2.45, 2.75) is 13.1 Å². The van der Waals surface area contributed by atoms with Crippen LogP contribution in [-0.4, -0.2) is 30.5 Å². The molecule has 7 nitrogen and oxygen atoms in total. The van der Waals surface area contributed by atoms with Crippen molar-refractivity contribution in [2.75, 3.05) is 5.32 Å². The van der Waals surface area contributed by atoms with Crippen LogP contribution in [0.5, 0.6) is 0 Å². The Bertz CT molecular complexity index is 875. The molecule has 0 spiro atoms. The van der Waals surface area contributed by atoms with Crippen molar-refractivity contribution < 1.29 is 4.79 Å². The average Bonchev–Trinajstić information content (AvgIpc) is 3.12. The summed E-state index contributed by atoms with van der Waals surface area (Å²) in [4.78, 5) is 15.9. The number of carbonyl (C=O) groups excluding carboxylic acids is 1. The first kappa shape index (κ1) is 16.8. The third kappa shape index (κ3) is 4.25. The van der Waals surface area contributed by atoms with Gasteiger partial charge in [-0.3, -0.25) is 14.8 Å². The van der Waals surface area contributed by atoms with E-state index in [1.807, 2.05) is 6.07 Å². The molecule has 0 unspecified atom stereocenters. The van der Waals surface area contributed by atoms with E-state index >= 15 is 0 Å². The Balaban J connectivity index is 1.60. The largest absolute Gasteiger partial charge is 0.292 e. The van der Waals surface area contributed by atoms with E-state index < -0.39 is 0 Å². The van der Waals surface area contributed by atoms with Gasteiger partial charge in [-0.2, -0.15) is 5.10 Å². The summed E-state index contributed by atoms with van der Waals surface area (Å²) in [5.41, 5.74) is 0.915. The fourth-order valence-electron chi connectivity index (χ4n) is 1.99. The number of hydrogen-bond donors (Lipinski definition) is 1. The Morgan fingerprint density at radius 2 is 2.00 bits per heavy atom. The minimum atomic E-state index is -0.304. The van der Waals surface area contributed by atoms with Gasteiger partial charge in [-0.1, -0.05) is 40.9 Å². The Labute approximate surface area is 152 Å².